The smallest absolute Gasteiger partial charge is 0.0900 e. The Morgan fingerprint density at radius 3 is 2.70 bits per heavy atom. The molecule has 1 aliphatic heterocycles. The Morgan fingerprint density at radius 1 is 1.35 bits per heavy atom. The van der Waals surface area contributed by atoms with Crippen LogP contribution in [0.15, 0.2) is 24.3 Å². The molecule has 1 aromatic carbocycles. The molecule has 1 unspecified atom stereocenters. The molecule has 5 heteroatoms. The summed E-state index contributed by atoms with van der Waals surface area (Å²) in [6.45, 7) is 7.09. The Kier molecular flexibility index (Phi) is 7.80. The first-order valence-electron chi connectivity index (χ1n) is 8.52. The molecule has 0 amide bonds. The van der Waals surface area contributed by atoms with Gasteiger partial charge < -0.3 is 19.6 Å². The Morgan fingerprint density at radius 2 is 2.04 bits per heavy atom. The second-order valence-electron chi connectivity index (χ2n) is 6.37. The highest BCUT2D eigenvalue weighted by molar-refractivity contribution is 6.31. The van der Waals surface area contributed by atoms with Gasteiger partial charge in [0.15, 0.2) is 0 Å². The van der Waals surface area contributed by atoms with Gasteiger partial charge >= 0.3 is 0 Å². The highest BCUT2D eigenvalue weighted by atomic mass is 35.5. The summed E-state index contributed by atoms with van der Waals surface area (Å²) in [5.41, 5.74) is 0.960. The summed E-state index contributed by atoms with van der Waals surface area (Å²) in [5, 5.41) is 10.9. The third-order valence-electron chi connectivity index (χ3n) is 4.65. The van der Waals surface area contributed by atoms with Crippen molar-refractivity contribution in [3.05, 3.63) is 34.9 Å². The predicted octanol–water partition coefficient (Wildman–Crippen LogP) is 2.63. The largest absolute Gasteiger partial charge is 0.389 e. The highest BCUT2D eigenvalue weighted by Gasteiger charge is 2.22. The number of aliphatic hydroxyl groups is 1. The number of piperidine rings is 1. The Labute approximate surface area is 145 Å². The van der Waals surface area contributed by atoms with Gasteiger partial charge in [-0.3, -0.25) is 0 Å². The fourth-order valence-corrected chi connectivity index (χ4v) is 3.32. The zero-order valence-corrected chi connectivity index (χ0v) is 15.0. The number of likely N-dealkylation sites (N-methyl/N-ethyl adjacent to an activating group) is 1. The molecular weight excluding hydrogens is 312 g/mol. The average Bonchev–Trinajstić information content (AvgIpc) is 2.56. The molecule has 0 aromatic heterocycles. The van der Waals surface area contributed by atoms with E-state index in [0.717, 1.165) is 25.2 Å². The van der Waals surface area contributed by atoms with Gasteiger partial charge in [0.05, 0.1) is 19.3 Å². The van der Waals surface area contributed by atoms with Crippen molar-refractivity contribution in [3.8, 4) is 0 Å². The van der Waals surface area contributed by atoms with Crippen LogP contribution < -0.4 is 0 Å². The number of rotatable bonds is 8. The van der Waals surface area contributed by atoms with Crippen molar-refractivity contribution >= 4 is 11.6 Å². The summed E-state index contributed by atoms with van der Waals surface area (Å²) >= 11 is 6.09. The van der Waals surface area contributed by atoms with Crippen molar-refractivity contribution in [2.45, 2.75) is 38.5 Å². The minimum Gasteiger partial charge on any atom is -0.389 e. The molecule has 1 saturated heterocycles. The Balaban J connectivity index is 1.66. The van der Waals surface area contributed by atoms with Crippen LogP contribution in [0.2, 0.25) is 5.02 Å². The van der Waals surface area contributed by atoms with Gasteiger partial charge in [0.1, 0.15) is 0 Å². The predicted molar refractivity (Wildman–Crippen MR) is 94.9 cm³/mol. The zero-order chi connectivity index (χ0) is 16.7. The van der Waals surface area contributed by atoms with Crippen LogP contribution in [0, 0.1) is 0 Å². The molecule has 2 rings (SSSR count). The van der Waals surface area contributed by atoms with Crippen molar-refractivity contribution in [3.63, 3.8) is 0 Å². The molecule has 23 heavy (non-hydrogen) atoms. The monoisotopic (exact) mass is 340 g/mol. The molecule has 0 saturated carbocycles. The van der Waals surface area contributed by atoms with Crippen molar-refractivity contribution < 1.29 is 9.84 Å². The summed E-state index contributed by atoms with van der Waals surface area (Å²) in [6, 6.07) is 8.21. The van der Waals surface area contributed by atoms with Gasteiger partial charge in [-0.1, -0.05) is 36.7 Å². The van der Waals surface area contributed by atoms with Crippen molar-refractivity contribution in [1.29, 1.82) is 0 Å². The summed E-state index contributed by atoms with van der Waals surface area (Å²) in [5.74, 6) is 0. The maximum absolute atomic E-state index is 10.2. The van der Waals surface area contributed by atoms with Crippen LogP contribution in [0.3, 0.4) is 0 Å². The van der Waals surface area contributed by atoms with Crippen LogP contribution in [0.5, 0.6) is 0 Å². The highest BCUT2D eigenvalue weighted by Crippen LogP contribution is 2.17. The van der Waals surface area contributed by atoms with Crippen molar-refractivity contribution in [2.24, 2.45) is 0 Å². The van der Waals surface area contributed by atoms with E-state index in [1.165, 1.54) is 12.8 Å². The Hall–Kier alpha value is -0.650. The number of hydrogen-bond acceptors (Lipinski definition) is 4. The van der Waals surface area contributed by atoms with Gasteiger partial charge in [0, 0.05) is 17.6 Å². The van der Waals surface area contributed by atoms with Crippen LogP contribution >= 0.6 is 11.6 Å². The molecule has 1 N–H and O–H groups in total. The third kappa shape index (κ3) is 6.05. The lowest BCUT2D eigenvalue weighted by atomic mass is 10.0. The first-order valence-corrected chi connectivity index (χ1v) is 8.89. The number of likely N-dealkylation sites (tertiary alicyclic amines) is 1. The van der Waals surface area contributed by atoms with E-state index in [1.807, 2.05) is 24.3 Å². The van der Waals surface area contributed by atoms with E-state index in [-0.39, 0.29) is 0 Å². The fraction of sp³-hybridized carbons (Fsp3) is 0.667. The fourth-order valence-electron chi connectivity index (χ4n) is 3.13. The summed E-state index contributed by atoms with van der Waals surface area (Å²) in [7, 11) is 2.10. The first-order chi connectivity index (χ1) is 11.1. The van der Waals surface area contributed by atoms with E-state index in [9.17, 15) is 5.11 Å². The van der Waals surface area contributed by atoms with Gasteiger partial charge in [-0.05, 0) is 51.2 Å². The average molecular weight is 341 g/mol. The maximum atomic E-state index is 10.2. The standard InChI is InChI=1S/C18H29ClN2O2/c1-3-21-10-8-16(9-11-21)20(2)12-17(22)14-23-13-15-6-4-5-7-18(15)19/h4-7,16-17,22H,3,8-14H2,1-2H3. The van der Waals surface area contributed by atoms with Gasteiger partial charge in [-0.15, -0.1) is 0 Å². The molecule has 0 bridgehead atoms. The van der Waals surface area contributed by atoms with Gasteiger partial charge in [-0.25, -0.2) is 0 Å². The second kappa shape index (κ2) is 9.60. The SMILES string of the molecule is CCN1CCC(N(C)CC(O)COCc2ccccc2Cl)CC1. The molecule has 130 valence electrons. The summed E-state index contributed by atoms with van der Waals surface area (Å²) in [6.07, 6.45) is 1.89. The molecule has 0 radical (unpaired) electrons. The van der Waals surface area contributed by atoms with Crippen molar-refractivity contribution in [1.82, 2.24) is 9.80 Å². The van der Waals surface area contributed by atoms with Crippen LogP contribution in [0.1, 0.15) is 25.3 Å². The molecule has 0 spiro atoms. The molecule has 1 fully saturated rings. The molecule has 1 heterocycles. The van der Waals surface area contributed by atoms with Crippen LogP contribution in [0.4, 0.5) is 0 Å². The van der Waals surface area contributed by atoms with E-state index in [1.54, 1.807) is 0 Å². The third-order valence-corrected chi connectivity index (χ3v) is 5.02. The lowest BCUT2D eigenvalue weighted by Gasteiger charge is -2.37. The topological polar surface area (TPSA) is 35.9 Å². The number of hydrogen-bond donors (Lipinski definition) is 1. The maximum Gasteiger partial charge on any atom is 0.0900 e. The number of ether oxygens (including phenoxy) is 1. The Bertz CT molecular complexity index is 464. The number of nitrogens with zero attached hydrogens (tertiary/aromatic N) is 2. The lowest BCUT2D eigenvalue weighted by molar-refractivity contribution is 0.00222. The van der Waals surface area contributed by atoms with Crippen molar-refractivity contribution in [2.75, 3.05) is 39.8 Å². The number of aliphatic hydroxyl groups excluding tert-OH is 1. The van der Waals surface area contributed by atoms with Crippen LogP contribution in [-0.4, -0.2) is 66.9 Å². The van der Waals surface area contributed by atoms with E-state index in [0.29, 0.717) is 30.8 Å². The van der Waals surface area contributed by atoms with E-state index >= 15 is 0 Å². The van der Waals surface area contributed by atoms with E-state index < -0.39 is 6.10 Å². The summed E-state index contributed by atoms with van der Waals surface area (Å²) < 4.78 is 5.62. The molecule has 1 aromatic rings. The van der Waals surface area contributed by atoms with Crippen LogP contribution in [0.25, 0.3) is 0 Å². The normalized spacial score (nSPS) is 18.5. The minimum absolute atomic E-state index is 0.337. The second-order valence-corrected chi connectivity index (χ2v) is 6.77. The molecule has 1 aliphatic rings. The van der Waals surface area contributed by atoms with Crippen LogP contribution in [-0.2, 0) is 11.3 Å². The van der Waals surface area contributed by atoms with Gasteiger partial charge in [0.25, 0.3) is 0 Å². The molecule has 4 nitrogen and oxygen atoms in total. The molecular formula is C18H29ClN2O2. The van der Waals surface area contributed by atoms with Gasteiger partial charge in [-0.2, -0.15) is 0 Å². The zero-order valence-electron chi connectivity index (χ0n) is 14.2. The molecule has 1 atom stereocenters. The van der Waals surface area contributed by atoms with E-state index in [2.05, 4.69) is 23.8 Å². The first kappa shape index (κ1) is 18.7. The number of halogens is 1. The molecule has 0 aliphatic carbocycles. The lowest BCUT2D eigenvalue weighted by Crippen LogP contribution is -2.46. The van der Waals surface area contributed by atoms with E-state index in [4.69, 9.17) is 16.3 Å². The minimum atomic E-state index is -0.466. The number of benzene rings is 1. The quantitative estimate of drug-likeness (QED) is 0.789. The van der Waals surface area contributed by atoms with Gasteiger partial charge in [0.2, 0.25) is 0 Å². The summed E-state index contributed by atoms with van der Waals surface area (Å²) in [4.78, 5) is 4.75.